The number of benzene rings is 1. The van der Waals surface area contributed by atoms with Gasteiger partial charge in [-0.2, -0.15) is 5.10 Å². The molecule has 166 valence electrons. The van der Waals surface area contributed by atoms with Gasteiger partial charge in [-0.1, -0.05) is 6.07 Å². The summed E-state index contributed by atoms with van der Waals surface area (Å²) in [6, 6.07) is 9.00. The third-order valence-electron chi connectivity index (χ3n) is 4.83. The number of nitrogens with zero attached hydrogens (tertiary/aromatic N) is 4. The van der Waals surface area contributed by atoms with Gasteiger partial charge in [-0.15, -0.1) is 10.2 Å². The number of aromatic nitrogens is 4. The van der Waals surface area contributed by atoms with Crippen molar-refractivity contribution >= 4 is 23.2 Å². The predicted octanol–water partition coefficient (Wildman–Crippen LogP) is 1.81. The summed E-state index contributed by atoms with van der Waals surface area (Å²) in [5.41, 5.74) is 4.58. The van der Waals surface area contributed by atoms with Crippen molar-refractivity contribution in [2.75, 3.05) is 19.5 Å². The number of nitrogens with one attached hydrogen (secondary N) is 3. The van der Waals surface area contributed by atoms with Crippen molar-refractivity contribution in [3.05, 3.63) is 47.9 Å². The lowest BCUT2D eigenvalue weighted by Crippen LogP contribution is -2.28. The van der Waals surface area contributed by atoms with Gasteiger partial charge in [-0.05, 0) is 37.1 Å². The average molecular weight is 437 g/mol. The van der Waals surface area contributed by atoms with Crippen LogP contribution in [0.5, 0.6) is 5.75 Å². The summed E-state index contributed by atoms with van der Waals surface area (Å²) in [6.07, 6.45) is 3.71. The molecule has 3 aromatic rings. The molecule has 11 nitrogen and oxygen atoms in total. The molecule has 0 aliphatic heterocycles. The molecule has 0 atom stereocenters. The van der Waals surface area contributed by atoms with Crippen molar-refractivity contribution < 1.29 is 19.2 Å². The van der Waals surface area contributed by atoms with Crippen molar-refractivity contribution in [2.45, 2.75) is 18.9 Å². The zero-order valence-electron chi connectivity index (χ0n) is 17.9. The number of carbonyl (C=O) groups is 2. The largest absolute Gasteiger partial charge is 0.494 e. The van der Waals surface area contributed by atoms with E-state index in [-0.39, 0.29) is 29.0 Å². The standard InChI is InChI=1S/C21H23N7O4/c1-28-10-9-14(26-28)13-5-4-6-15(19(13)31-2)23-16-11-17(20(29)22-12-7-8-12)24-25-18(16)21(30)27-32-3/h4-6,9-12H,7-8H2,1-3H3,(H,22,29)(H,23,24)(H,27,30). The van der Waals surface area contributed by atoms with E-state index in [1.807, 2.05) is 31.4 Å². The number of hydroxylamine groups is 1. The third kappa shape index (κ3) is 4.52. The summed E-state index contributed by atoms with van der Waals surface area (Å²) < 4.78 is 7.34. The van der Waals surface area contributed by atoms with Gasteiger partial charge in [0.15, 0.2) is 17.1 Å². The summed E-state index contributed by atoms with van der Waals surface area (Å²) >= 11 is 0. The van der Waals surface area contributed by atoms with E-state index in [9.17, 15) is 9.59 Å². The fourth-order valence-corrected chi connectivity index (χ4v) is 3.15. The lowest BCUT2D eigenvalue weighted by atomic mass is 10.1. The summed E-state index contributed by atoms with van der Waals surface area (Å²) in [5.74, 6) is -0.447. The van der Waals surface area contributed by atoms with Crippen LogP contribution in [-0.2, 0) is 11.9 Å². The molecule has 1 aliphatic rings. The molecule has 1 aliphatic carbocycles. The lowest BCUT2D eigenvalue weighted by molar-refractivity contribution is 0.0532. The minimum Gasteiger partial charge on any atom is -0.494 e. The number of hydrogen-bond acceptors (Lipinski definition) is 8. The van der Waals surface area contributed by atoms with Crippen LogP contribution in [-0.4, -0.2) is 52.1 Å². The Morgan fingerprint density at radius 1 is 1.09 bits per heavy atom. The second-order valence-corrected chi connectivity index (χ2v) is 7.26. The van der Waals surface area contributed by atoms with Crippen molar-refractivity contribution in [3.8, 4) is 17.0 Å². The van der Waals surface area contributed by atoms with E-state index in [0.717, 1.165) is 24.1 Å². The van der Waals surface area contributed by atoms with Crippen LogP contribution in [0, 0.1) is 0 Å². The molecule has 0 saturated heterocycles. The molecule has 32 heavy (non-hydrogen) atoms. The second-order valence-electron chi connectivity index (χ2n) is 7.26. The Kier molecular flexibility index (Phi) is 5.99. The summed E-state index contributed by atoms with van der Waals surface area (Å²) in [6.45, 7) is 0. The van der Waals surface area contributed by atoms with E-state index in [1.165, 1.54) is 13.2 Å². The first-order chi connectivity index (χ1) is 15.5. The fourth-order valence-electron chi connectivity index (χ4n) is 3.15. The van der Waals surface area contributed by atoms with Crippen LogP contribution in [0.3, 0.4) is 0 Å². The third-order valence-corrected chi connectivity index (χ3v) is 4.83. The highest BCUT2D eigenvalue weighted by Crippen LogP contribution is 2.37. The zero-order chi connectivity index (χ0) is 22.7. The van der Waals surface area contributed by atoms with E-state index in [1.54, 1.807) is 17.9 Å². The van der Waals surface area contributed by atoms with Gasteiger partial charge in [0.2, 0.25) is 0 Å². The van der Waals surface area contributed by atoms with Gasteiger partial charge in [0.05, 0.1) is 31.3 Å². The number of carbonyl (C=O) groups excluding carboxylic acids is 2. The van der Waals surface area contributed by atoms with Gasteiger partial charge in [-0.25, -0.2) is 5.48 Å². The van der Waals surface area contributed by atoms with Crippen LogP contribution in [0.4, 0.5) is 11.4 Å². The molecule has 4 rings (SSSR count). The highest BCUT2D eigenvalue weighted by Gasteiger charge is 2.26. The molecule has 2 aromatic heterocycles. The van der Waals surface area contributed by atoms with Crippen molar-refractivity contribution in [3.63, 3.8) is 0 Å². The van der Waals surface area contributed by atoms with Crippen LogP contribution >= 0.6 is 0 Å². The van der Waals surface area contributed by atoms with Gasteiger partial charge in [-0.3, -0.25) is 19.1 Å². The molecule has 3 N–H and O–H groups in total. The SMILES string of the molecule is CONC(=O)c1nnc(C(=O)NC2CC2)cc1Nc1cccc(-c2ccn(C)n2)c1OC. The minimum atomic E-state index is -0.614. The van der Waals surface area contributed by atoms with Gasteiger partial charge in [0, 0.05) is 24.8 Å². The number of amides is 2. The van der Waals surface area contributed by atoms with E-state index in [2.05, 4.69) is 31.4 Å². The molecule has 0 bridgehead atoms. The highest BCUT2D eigenvalue weighted by molar-refractivity contribution is 6.00. The Morgan fingerprint density at radius 3 is 2.56 bits per heavy atom. The van der Waals surface area contributed by atoms with Crippen LogP contribution in [0.15, 0.2) is 36.5 Å². The number of methoxy groups -OCH3 is 1. The fraction of sp³-hybridized carbons (Fsp3) is 0.286. The Balaban J connectivity index is 1.73. The van der Waals surface area contributed by atoms with E-state index < -0.39 is 5.91 Å². The lowest BCUT2D eigenvalue weighted by Gasteiger charge is -2.16. The summed E-state index contributed by atoms with van der Waals surface area (Å²) in [7, 11) is 4.69. The van der Waals surface area contributed by atoms with Gasteiger partial charge in [0.1, 0.15) is 0 Å². The zero-order valence-corrected chi connectivity index (χ0v) is 17.9. The predicted molar refractivity (Wildman–Crippen MR) is 115 cm³/mol. The number of rotatable bonds is 8. The normalized spacial score (nSPS) is 12.8. The molecule has 1 aromatic carbocycles. The van der Waals surface area contributed by atoms with Crippen molar-refractivity contribution in [2.24, 2.45) is 7.05 Å². The monoisotopic (exact) mass is 437 g/mol. The minimum absolute atomic E-state index is 0.0416. The maximum absolute atomic E-state index is 12.5. The molecular weight excluding hydrogens is 414 g/mol. The van der Waals surface area contributed by atoms with Crippen LogP contribution in [0.25, 0.3) is 11.3 Å². The van der Waals surface area contributed by atoms with Gasteiger partial charge in [0.25, 0.3) is 11.8 Å². The molecule has 0 spiro atoms. The molecule has 0 radical (unpaired) electrons. The maximum Gasteiger partial charge on any atom is 0.297 e. The first-order valence-corrected chi connectivity index (χ1v) is 9.96. The molecular formula is C21H23N7O4. The van der Waals surface area contributed by atoms with Crippen molar-refractivity contribution in [1.82, 2.24) is 30.8 Å². The molecule has 0 unspecified atom stereocenters. The maximum atomic E-state index is 12.5. The Hall–Kier alpha value is -3.99. The Bertz CT molecular complexity index is 1160. The second kappa shape index (κ2) is 9.02. The topological polar surface area (TPSA) is 132 Å². The van der Waals surface area contributed by atoms with Crippen LogP contribution in [0.2, 0.25) is 0 Å². The molecule has 1 fully saturated rings. The van der Waals surface area contributed by atoms with Gasteiger partial charge >= 0.3 is 0 Å². The van der Waals surface area contributed by atoms with Crippen molar-refractivity contribution in [1.29, 1.82) is 0 Å². The van der Waals surface area contributed by atoms with E-state index in [0.29, 0.717) is 11.4 Å². The van der Waals surface area contributed by atoms with Crippen LogP contribution in [0.1, 0.15) is 33.8 Å². The molecule has 11 heteroatoms. The molecule has 2 amide bonds. The first kappa shape index (κ1) is 21.2. The number of hydrogen-bond donors (Lipinski definition) is 3. The number of para-hydroxylation sites is 1. The number of aryl methyl sites for hydroxylation is 1. The summed E-state index contributed by atoms with van der Waals surface area (Å²) in [5, 5.41) is 18.3. The Morgan fingerprint density at radius 2 is 1.91 bits per heavy atom. The Labute approximate surface area is 184 Å². The van der Waals surface area contributed by atoms with Gasteiger partial charge < -0.3 is 15.4 Å². The quantitative estimate of drug-likeness (QED) is 0.455. The first-order valence-electron chi connectivity index (χ1n) is 9.96. The smallest absolute Gasteiger partial charge is 0.297 e. The number of ether oxygens (including phenoxy) is 1. The number of anilines is 2. The molecule has 1 saturated carbocycles. The molecule has 2 heterocycles. The van der Waals surface area contributed by atoms with Crippen LogP contribution < -0.4 is 20.9 Å². The average Bonchev–Trinajstić information content (AvgIpc) is 3.50. The van der Waals surface area contributed by atoms with E-state index in [4.69, 9.17) is 9.57 Å². The van der Waals surface area contributed by atoms with E-state index >= 15 is 0 Å². The highest BCUT2D eigenvalue weighted by atomic mass is 16.6. The summed E-state index contributed by atoms with van der Waals surface area (Å²) in [4.78, 5) is 29.6.